The number of alkyl halides is 3. The molecule has 8 heteroatoms. The van der Waals surface area contributed by atoms with Gasteiger partial charge in [0.15, 0.2) is 0 Å². The summed E-state index contributed by atoms with van der Waals surface area (Å²) in [6.45, 7) is 5.64. The summed E-state index contributed by atoms with van der Waals surface area (Å²) in [6.07, 6.45) is 18.6. The number of nitrogens with zero attached hydrogens (tertiary/aromatic N) is 1. The molecule has 0 fully saturated rings. The molecule has 0 atom stereocenters. The highest BCUT2D eigenvalue weighted by Gasteiger charge is 2.44. The Morgan fingerprint density at radius 2 is 1.38 bits per heavy atom. The lowest BCUT2D eigenvalue weighted by atomic mass is 10.1. The third-order valence-corrected chi connectivity index (χ3v) is 4.55. The van der Waals surface area contributed by atoms with Gasteiger partial charge in [-0.3, -0.25) is 4.55 Å². The number of halogens is 3. The normalized spacial score (nSPS) is 11.9. The van der Waals surface area contributed by atoms with E-state index >= 15 is 0 Å². The van der Waals surface area contributed by atoms with Crippen LogP contribution in [0.4, 0.5) is 13.2 Å². The van der Waals surface area contributed by atoms with Crippen LogP contribution in [0.15, 0.2) is 18.5 Å². The molecule has 4 nitrogen and oxygen atoms in total. The summed E-state index contributed by atoms with van der Waals surface area (Å²) in [6, 6.07) is 2.19. The first kappa shape index (κ1) is 25.0. The highest BCUT2D eigenvalue weighted by atomic mass is 32.2. The zero-order valence-electron chi connectivity index (χ0n) is 15.8. The number of unbranched alkanes of at least 4 members (excludes halogenated alkanes) is 9. The third kappa shape index (κ3) is 13.2. The number of hydrogen-bond acceptors (Lipinski definition) is 2. The number of aromatic nitrogens is 1. The van der Waals surface area contributed by atoms with Crippen LogP contribution >= 0.6 is 0 Å². The summed E-state index contributed by atoms with van der Waals surface area (Å²) in [7, 11) is -5.84. The van der Waals surface area contributed by atoms with Gasteiger partial charge in [-0.05, 0) is 25.0 Å². The molecule has 0 saturated carbocycles. The largest absolute Gasteiger partial charge is 0.522 e. The predicted octanol–water partition coefficient (Wildman–Crippen LogP) is 6.11. The lowest BCUT2D eigenvalue weighted by molar-refractivity contribution is -0.0510. The smallest absolute Gasteiger partial charge is 0.354 e. The van der Waals surface area contributed by atoms with Gasteiger partial charge in [0.2, 0.25) is 0 Å². The molecule has 1 aromatic rings. The molecular formula is C18H32F3NO3S. The number of aryl methyl sites for hydroxylation is 2. The molecule has 0 amide bonds. The van der Waals surface area contributed by atoms with E-state index in [1.807, 2.05) is 0 Å². The molecule has 1 N–H and O–H groups in total. The van der Waals surface area contributed by atoms with Gasteiger partial charge in [-0.1, -0.05) is 64.7 Å². The van der Waals surface area contributed by atoms with Crippen molar-refractivity contribution in [3.63, 3.8) is 0 Å². The van der Waals surface area contributed by atoms with Crippen molar-refractivity contribution in [2.45, 2.75) is 90.1 Å². The molecule has 0 aliphatic heterocycles. The van der Waals surface area contributed by atoms with Crippen LogP contribution in [0.2, 0.25) is 0 Å². The first-order valence-corrected chi connectivity index (χ1v) is 10.7. The first-order chi connectivity index (χ1) is 12.1. The summed E-state index contributed by atoms with van der Waals surface area (Å²) in [4.78, 5) is 0. The minimum Gasteiger partial charge on any atom is -0.354 e. The Hall–Kier alpha value is -1.02. The van der Waals surface area contributed by atoms with Crippen LogP contribution in [-0.4, -0.2) is 23.0 Å². The van der Waals surface area contributed by atoms with Gasteiger partial charge in [0.05, 0.1) is 0 Å². The van der Waals surface area contributed by atoms with Crippen molar-refractivity contribution < 1.29 is 26.1 Å². The van der Waals surface area contributed by atoms with Gasteiger partial charge in [-0.25, -0.2) is 0 Å². The predicted molar refractivity (Wildman–Crippen MR) is 98.6 cm³/mol. The minimum atomic E-state index is -5.84. The van der Waals surface area contributed by atoms with Crippen LogP contribution in [0, 0.1) is 6.92 Å². The van der Waals surface area contributed by atoms with Crippen molar-refractivity contribution in [2.75, 3.05) is 0 Å². The zero-order chi connectivity index (χ0) is 20.1. The lowest BCUT2D eigenvalue weighted by Gasteiger charge is -2.03. The van der Waals surface area contributed by atoms with Gasteiger partial charge in [-0.15, -0.1) is 0 Å². The van der Waals surface area contributed by atoms with Crippen molar-refractivity contribution in [1.29, 1.82) is 0 Å². The average Bonchev–Trinajstić information content (AvgIpc) is 2.93. The van der Waals surface area contributed by atoms with Gasteiger partial charge in [0, 0.05) is 18.9 Å². The Bertz CT molecular complexity index is 568. The highest BCUT2D eigenvalue weighted by molar-refractivity contribution is 7.86. The second kappa shape index (κ2) is 13.2. The summed E-state index contributed by atoms with van der Waals surface area (Å²) in [5.74, 6) is 0. The molecule has 0 aliphatic carbocycles. The fraction of sp³-hybridized carbons (Fsp3) is 0.778. The summed E-state index contributed by atoms with van der Waals surface area (Å²) >= 11 is 0. The van der Waals surface area contributed by atoms with Crippen molar-refractivity contribution in [3.05, 3.63) is 24.0 Å². The molecule has 1 rings (SSSR count). The Morgan fingerprint density at radius 3 is 1.73 bits per heavy atom. The third-order valence-electron chi connectivity index (χ3n) is 3.96. The molecule has 0 spiro atoms. The van der Waals surface area contributed by atoms with Crippen LogP contribution < -0.4 is 0 Å². The van der Waals surface area contributed by atoms with E-state index in [9.17, 15) is 13.2 Å². The molecule has 0 aliphatic rings. The van der Waals surface area contributed by atoms with E-state index < -0.39 is 15.6 Å². The topological polar surface area (TPSA) is 59.3 Å². The summed E-state index contributed by atoms with van der Waals surface area (Å²) in [5.41, 5.74) is -4.16. The summed E-state index contributed by atoms with van der Waals surface area (Å²) < 4.78 is 59.9. The van der Waals surface area contributed by atoms with Crippen LogP contribution in [0.1, 0.15) is 76.7 Å². The highest BCUT2D eigenvalue weighted by Crippen LogP contribution is 2.20. The Balaban J connectivity index is 0.000000660. The zero-order valence-corrected chi connectivity index (χ0v) is 16.6. The maximum Gasteiger partial charge on any atom is 0.522 e. The second-order valence-electron chi connectivity index (χ2n) is 6.53. The lowest BCUT2D eigenvalue weighted by Crippen LogP contribution is -2.21. The molecule has 1 heterocycles. The Kier molecular flexibility index (Phi) is 12.7. The fourth-order valence-electron chi connectivity index (χ4n) is 2.48. The van der Waals surface area contributed by atoms with E-state index in [1.54, 1.807) is 0 Å². The quantitative estimate of drug-likeness (QED) is 0.277. The van der Waals surface area contributed by atoms with E-state index in [4.69, 9.17) is 13.0 Å². The molecule has 26 heavy (non-hydrogen) atoms. The van der Waals surface area contributed by atoms with E-state index in [-0.39, 0.29) is 0 Å². The van der Waals surface area contributed by atoms with Crippen molar-refractivity contribution in [2.24, 2.45) is 0 Å². The Labute approximate surface area is 155 Å². The molecule has 0 bridgehead atoms. The maximum absolute atomic E-state index is 10.7. The fourth-order valence-corrected chi connectivity index (χ4v) is 2.48. The standard InChI is InChI=1S/C17H31N.CHF3O3S/c1-3-4-5-6-7-8-9-10-11-12-14-18-15-13-17(2)16-18;2-1(3,4)8(5,6)7/h13,15-16H,3-12,14H2,1-2H3;(H,5,6,7). The van der Waals surface area contributed by atoms with Crippen LogP contribution in [-0.2, 0) is 16.7 Å². The second-order valence-corrected chi connectivity index (χ2v) is 7.94. The SMILES string of the molecule is CCCCCCCCCCCCn1ccc(C)c1.O=S(=O)(O)C(F)(F)F. The van der Waals surface area contributed by atoms with E-state index in [1.165, 1.54) is 76.3 Å². The van der Waals surface area contributed by atoms with Gasteiger partial charge in [-0.2, -0.15) is 21.6 Å². The van der Waals surface area contributed by atoms with Crippen LogP contribution in [0.5, 0.6) is 0 Å². The average molecular weight is 400 g/mol. The van der Waals surface area contributed by atoms with E-state index in [0.29, 0.717) is 0 Å². The molecule has 0 aromatic carbocycles. The monoisotopic (exact) mass is 399 g/mol. The van der Waals surface area contributed by atoms with Gasteiger partial charge < -0.3 is 4.57 Å². The van der Waals surface area contributed by atoms with Gasteiger partial charge in [0.1, 0.15) is 0 Å². The number of hydrogen-bond donors (Lipinski definition) is 1. The Morgan fingerprint density at radius 1 is 0.962 bits per heavy atom. The molecule has 0 radical (unpaired) electrons. The minimum absolute atomic E-state index is 1.20. The van der Waals surface area contributed by atoms with Crippen molar-refractivity contribution in [1.82, 2.24) is 4.57 Å². The van der Waals surface area contributed by atoms with Crippen molar-refractivity contribution in [3.8, 4) is 0 Å². The van der Waals surface area contributed by atoms with Crippen LogP contribution in [0.3, 0.4) is 0 Å². The summed E-state index contributed by atoms with van der Waals surface area (Å²) in [5, 5.41) is 0. The van der Waals surface area contributed by atoms with E-state index in [2.05, 4.69) is 36.9 Å². The molecular weight excluding hydrogens is 367 g/mol. The molecule has 0 saturated heterocycles. The van der Waals surface area contributed by atoms with Crippen molar-refractivity contribution >= 4 is 10.1 Å². The molecule has 0 unspecified atom stereocenters. The van der Waals surface area contributed by atoms with Gasteiger partial charge >= 0.3 is 15.6 Å². The van der Waals surface area contributed by atoms with Gasteiger partial charge in [0.25, 0.3) is 0 Å². The van der Waals surface area contributed by atoms with Crippen LogP contribution in [0.25, 0.3) is 0 Å². The molecule has 154 valence electrons. The maximum atomic E-state index is 10.7. The van der Waals surface area contributed by atoms with E-state index in [0.717, 1.165) is 0 Å². The first-order valence-electron chi connectivity index (χ1n) is 9.24. The number of rotatable bonds is 11. The molecule has 1 aromatic heterocycles.